The van der Waals surface area contributed by atoms with Gasteiger partial charge in [0, 0.05) is 22.8 Å². The Balaban J connectivity index is 1.97. The van der Waals surface area contributed by atoms with Crippen LogP contribution in [0.4, 0.5) is 0 Å². The van der Waals surface area contributed by atoms with E-state index in [1.165, 1.54) is 0 Å². The van der Waals surface area contributed by atoms with Gasteiger partial charge < -0.3 is 18.8 Å². The molecule has 0 unspecified atom stereocenters. The van der Waals surface area contributed by atoms with Crippen molar-refractivity contribution >= 4 is 23.5 Å². The minimum atomic E-state index is -0.837. The standard InChI is InChI=1S/C18H18ClNO5/c1-10-8-13(17(21)25-16-6-7-24-18(16)22)11(2)20(10)14-9-12(19)4-5-15(14)23-3/h4-5,8-9,16H,6-7H2,1-3H3/t16-/m1/s1. The second-order valence-corrected chi connectivity index (χ2v) is 6.22. The summed E-state index contributed by atoms with van der Waals surface area (Å²) >= 11 is 6.12. The lowest BCUT2D eigenvalue weighted by Crippen LogP contribution is -2.23. The van der Waals surface area contributed by atoms with E-state index in [-0.39, 0.29) is 6.61 Å². The molecule has 0 bridgehead atoms. The third-order valence-electron chi connectivity index (χ3n) is 4.17. The van der Waals surface area contributed by atoms with E-state index >= 15 is 0 Å². The van der Waals surface area contributed by atoms with Gasteiger partial charge in [0.1, 0.15) is 5.75 Å². The summed E-state index contributed by atoms with van der Waals surface area (Å²) in [7, 11) is 1.57. The van der Waals surface area contributed by atoms with Crippen LogP contribution in [0.5, 0.6) is 5.75 Å². The van der Waals surface area contributed by atoms with Crippen LogP contribution in [0.15, 0.2) is 24.3 Å². The highest BCUT2D eigenvalue weighted by Crippen LogP contribution is 2.31. The first-order valence-electron chi connectivity index (χ1n) is 7.83. The van der Waals surface area contributed by atoms with Gasteiger partial charge >= 0.3 is 11.9 Å². The molecule has 1 aliphatic heterocycles. The summed E-state index contributed by atoms with van der Waals surface area (Å²) in [6.45, 7) is 3.94. The number of halogens is 1. The minimum Gasteiger partial charge on any atom is -0.495 e. The fourth-order valence-corrected chi connectivity index (χ4v) is 3.12. The first-order chi connectivity index (χ1) is 11.9. The lowest BCUT2D eigenvalue weighted by Gasteiger charge is -2.14. The maximum atomic E-state index is 12.5. The van der Waals surface area contributed by atoms with E-state index in [0.29, 0.717) is 28.5 Å². The molecule has 2 heterocycles. The molecule has 1 aliphatic rings. The van der Waals surface area contributed by atoms with Gasteiger partial charge in [-0.3, -0.25) is 0 Å². The maximum absolute atomic E-state index is 12.5. The van der Waals surface area contributed by atoms with Crippen molar-refractivity contribution in [3.63, 3.8) is 0 Å². The summed E-state index contributed by atoms with van der Waals surface area (Å²) in [4.78, 5) is 24.0. The van der Waals surface area contributed by atoms with Crippen LogP contribution in [0.1, 0.15) is 28.2 Å². The summed E-state index contributed by atoms with van der Waals surface area (Å²) in [6.07, 6.45) is -0.456. The fraction of sp³-hybridized carbons (Fsp3) is 0.333. The van der Waals surface area contributed by atoms with Crippen LogP contribution in [-0.4, -0.2) is 36.3 Å². The predicted molar refractivity (Wildman–Crippen MR) is 91.6 cm³/mol. The third-order valence-corrected chi connectivity index (χ3v) is 4.40. The van der Waals surface area contributed by atoms with Crippen LogP contribution < -0.4 is 4.74 Å². The fourth-order valence-electron chi connectivity index (χ4n) is 2.96. The Morgan fingerprint density at radius 2 is 2.08 bits per heavy atom. The Morgan fingerprint density at radius 1 is 1.32 bits per heavy atom. The Hall–Kier alpha value is -2.47. The number of hydrogen-bond acceptors (Lipinski definition) is 5. The van der Waals surface area contributed by atoms with E-state index < -0.39 is 18.0 Å². The summed E-state index contributed by atoms with van der Waals surface area (Å²) in [5, 5.41) is 0.557. The highest BCUT2D eigenvalue weighted by molar-refractivity contribution is 6.30. The first kappa shape index (κ1) is 17.4. The first-order valence-corrected chi connectivity index (χ1v) is 8.20. The van der Waals surface area contributed by atoms with Crippen molar-refractivity contribution in [2.45, 2.75) is 26.4 Å². The van der Waals surface area contributed by atoms with Gasteiger partial charge in [0.2, 0.25) is 6.10 Å². The molecule has 0 N–H and O–H groups in total. The monoisotopic (exact) mass is 363 g/mol. The number of cyclic esters (lactones) is 1. The number of carbonyl (C=O) groups excluding carboxylic acids is 2. The minimum absolute atomic E-state index is 0.273. The molecule has 132 valence electrons. The molecule has 7 heteroatoms. The van der Waals surface area contributed by atoms with Crippen molar-refractivity contribution in [1.82, 2.24) is 4.57 Å². The zero-order chi connectivity index (χ0) is 18.1. The Kier molecular flexibility index (Phi) is 4.72. The third kappa shape index (κ3) is 3.22. The van der Waals surface area contributed by atoms with Gasteiger partial charge in [0.15, 0.2) is 0 Å². The molecule has 1 aromatic heterocycles. The number of esters is 2. The van der Waals surface area contributed by atoms with E-state index in [9.17, 15) is 9.59 Å². The van der Waals surface area contributed by atoms with E-state index in [2.05, 4.69) is 0 Å². The summed E-state index contributed by atoms with van der Waals surface area (Å²) in [5.74, 6) is -0.423. The molecule has 0 amide bonds. The number of ether oxygens (including phenoxy) is 3. The van der Waals surface area contributed by atoms with Gasteiger partial charge in [-0.25, -0.2) is 9.59 Å². The van der Waals surface area contributed by atoms with E-state index in [1.54, 1.807) is 38.3 Å². The van der Waals surface area contributed by atoms with E-state index in [4.69, 9.17) is 25.8 Å². The normalized spacial score (nSPS) is 16.6. The topological polar surface area (TPSA) is 66.8 Å². The second kappa shape index (κ2) is 6.80. The zero-order valence-electron chi connectivity index (χ0n) is 14.2. The Bertz CT molecular complexity index is 842. The molecule has 1 aromatic carbocycles. The molecular formula is C18H18ClNO5. The van der Waals surface area contributed by atoms with Gasteiger partial charge in [-0.05, 0) is 38.1 Å². The maximum Gasteiger partial charge on any atom is 0.347 e. The number of benzene rings is 1. The molecule has 0 saturated carbocycles. The van der Waals surface area contributed by atoms with E-state index in [0.717, 1.165) is 11.4 Å². The van der Waals surface area contributed by atoms with Gasteiger partial charge in [-0.15, -0.1) is 0 Å². The molecule has 6 nitrogen and oxygen atoms in total. The van der Waals surface area contributed by atoms with Crippen LogP contribution in [-0.2, 0) is 14.3 Å². The van der Waals surface area contributed by atoms with Crippen molar-refractivity contribution in [3.05, 3.63) is 46.2 Å². The van der Waals surface area contributed by atoms with Crippen molar-refractivity contribution in [1.29, 1.82) is 0 Å². The quantitative estimate of drug-likeness (QED) is 0.780. The second-order valence-electron chi connectivity index (χ2n) is 5.79. The average molecular weight is 364 g/mol. The summed E-state index contributed by atoms with van der Waals surface area (Å²) in [5.41, 5.74) is 2.61. The number of hydrogen-bond donors (Lipinski definition) is 0. The molecule has 1 fully saturated rings. The molecule has 1 atom stereocenters. The zero-order valence-corrected chi connectivity index (χ0v) is 14.9. The largest absolute Gasteiger partial charge is 0.495 e. The van der Waals surface area contributed by atoms with Crippen LogP contribution in [0.3, 0.4) is 0 Å². The average Bonchev–Trinajstić information content (AvgIpc) is 3.10. The lowest BCUT2D eigenvalue weighted by molar-refractivity contribution is -0.145. The SMILES string of the molecule is COc1ccc(Cl)cc1-n1c(C)cc(C(=O)O[C@@H]2CCOC2=O)c1C. The van der Waals surface area contributed by atoms with Crippen molar-refractivity contribution in [2.24, 2.45) is 0 Å². The van der Waals surface area contributed by atoms with Crippen LogP contribution >= 0.6 is 11.6 Å². The molecule has 1 saturated heterocycles. The number of carbonyl (C=O) groups is 2. The molecule has 2 aromatic rings. The number of aromatic nitrogens is 1. The number of methoxy groups -OCH3 is 1. The molecule has 0 radical (unpaired) electrons. The molecule has 3 rings (SSSR count). The highest BCUT2D eigenvalue weighted by Gasteiger charge is 2.31. The molecule has 25 heavy (non-hydrogen) atoms. The smallest absolute Gasteiger partial charge is 0.347 e. The number of rotatable bonds is 4. The van der Waals surface area contributed by atoms with Gasteiger partial charge in [0.25, 0.3) is 0 Å². The van der Waals surface area contributed by atoms with Crippen LogP contribution in [0, 0.1) is 13.8 Å². The van der Waals surface area contributed by atoms with Crippen molar-refractivity contribution in [2.75, 3.05) is 13.7 Å². The van der Waals surface area contributed by atoms with Crippen molar-refractivity contribution < 1.29 is 23.8 Å². The van der Waals surface area contributed by atoms with Crippen LogP contribution in [0.2, 0.25) is 5.02 Å². The molecule has 0 aliphatic carbocycles. The number of aryl methyl sites for hydroxylation is 1. The van der Waals surface area contributed by atoms with E-state index in [1.807, 2.05) is 11.5 Å². The highest BCUT2D eigenvalue weighted by atomic mass is 35.5. The van der Waals surface area contributed by atoms with Crippen LogP contribution in [0.25, 0.3) is 5.69 Å². The number of nitrogens with zero attached hydrogens (tertiary/aromatic N) is 1. The molecule has 0 spiro atoms. The molecular weight excluding hydrogens is 346 g/mol. The lowest BCUT2D eigenvalue weighted by atomic mass is 10.2. The van der Waals surface area contributed by atoms with Gasteiger partial charge in [0.05, 0.1) is 25.0 Å². The predicted octanol–water partition coefficient (Wildman–Crippen LogP) is 3.23. The Morgan fingerprint density at radius 3 is 2.72 bits per heavy atom. The van der Waals surface area contributed by atoms with Gasteiger partial charge in [-0.2, -0.15) is 0 Å². The summed E-state index contributed by atoms with van der Waals surface area (Å²) in [6, 6.07) is 6.99. The van der Waals surface area contributed by atoms with Gasteiger partial charge in [-0.1, -0.05) is 11.6 Å². The summed E-state index contributed by atoms with van der Waals surface area (Å²) < 4.78 is 17.4. The Labute approximate surface area is 150 Å². The van der Waals surface area contributed by atoms with Crippen molar-refractivity contribution in [3.8, 4) is 11.4 Å².